The number of esters is 1. The lowest BCUT2D eigenvalue weighted by Gasteiger charge is -2.39. The lowest BCUT2D eigenvalue weighted by atomic mass is 9.70. The summed E-state index contributed by atoms with van der Waals surface area (Å²) in [6.07, 6.45) is 3.65. The first-order valence-corrected chi connectivity index (χ1v) is 10.6. The smallest absolute Gasteiger partial charge is 0.320 e. The molecule has 148 valence electrons. The predicted molar refractivity (Wildman–Crippen MR) is 107 cm³/mol. The van der Waals surface area contributed by atoms with E-state index in [1.54, 1.807) is 0 Å². The van der Waals surface area contributed by atoms with Gasteiger partial charge >= 0.3 is 5.97 Å². The zero-order chi connectivity index (χ0) is 19.1. The molecule has 1 saturated heterocycles. The highest BCUT2D eigenvalue weighted by molar-refractivity contribution is 5.72. The highest BCUT2D eigenvalue weighted by atomic mass is 16.5. The highest BCUT2D eigenvalue weighted by Gasteiger charge is 2.62. The summed E-state index contributed by atoms with van der Waals surface area (Å²) < 4.78 is 6.01. The van der Waals surface area contributed by atoms with Crippen molar-refractivity contribution in [1.29, 1.82) is 0 Å². The average molecular weight is 371 g/mol. The van der Waals surface area contributed by atoms with Gasteiger partial charge in [-0.1, -0.05) is 51.1 Å². The number of rotatable bonds is 5. The molecular formula is C23H34N2O2. The van der Waals surface area contributed by atoms with Crippen LogP contribution < -0.4 is 0 Å². The Labute approximate surface area is 163 Å². The molecule has 2 saturated carbocycles. The molecule has 2 bridgehead atoms. The first-order valence-electron chi connectivity index (χ1n) is 10.6. The molecule has 0 N–H and O–H groups in total. The van der Waals surface area contributed by atoms with Crippen LogP contribution in [-0.4, -0.2) is 54.6 Å². The number of piperazine rings is 1. The number of benzene rings is 1. The van der Waals surface area contributed by atoms with Gasteiger partial charge in [0.25, 0.3) is 0 Å². The van der Waals surface area contributed by atoms with Crippen LogP contribution in [0.3, 0.4) is 0 Å². The van der Waals surface area contributed by atoms with E-state index in [2.05, 4.69) is 60.9 Å². The van der Waals surface area contributed by atoms with E-state index in [0.717, 1.165) is 39.1 Å². The van der Waals surface area contributed by atoms with Gasteiger partial charge in [0.15, 0.2) is 0 Å². The molecule has 4 heteroatoms. The second-order valence-corrected chi connectivity index (χ2v) is 9.63. The van der Waals surface area contributed by atoms with Crippen molar-refractivity contribution in [3.63, 3.8) is 0 Å². The molecule has 1 aromatic carbocycles. The van der Waals surface area contributed by atoms with Crippen LogP contribution in [0.25, 0.3) is 0 Å². The summed E-state index contributed by atoms with van der Waals surface area (Å²) in [5, 5.41) is 0. The number of hydrogen-bond acceptors (Lipinski definition) is 4. The van der Waals surface area contributed by atoms with Crippen LogP contribution in [-0.2, 0) is 16.1 Å². The van der Waals surface area contributed by atoms with Crippen molar-refractivity contribution in [3.8, 4) is 0 Å². The number of hydrogen-bond donors (Lipinski definition) is 0. The maximum absolute atomic E-state index is 12.6. The second-order valence-electron chi connectivity index (χ2n) is 9.63. The average Bonchev–Trinajstić information content (AvgIpc) is 2.98. The van der Waals surface area contributed by atoms with E-state index < -0.39 is 0 Å². The molecule has 0 spiro atoms. The summed E-state index contributed by atoms with van der Waals surface area (Å²) in [5.74, 6) is 0.683. The van der Waals surface area contributed by atoms with Gasteiger partial charge in [-0.25, -0.2) is 0 Å². The Morgan fingerprint density at radius 2 is 1.74 bits per heavy atom. The van der Waals surface area contributed by atoms with Gasteiger partial charge in [-0.05, 0) is 36.2 Å². The maximum atomic E-state index is 12.6. The van der Waals surface area contributed by atoms with E-state index in [1.807, 2.05) is 0 Å². The van der Waals surface area contributed by atoms with E-state index in [-0.39, 0.29) is 17.5 Å². The fourth-order valence-corrected chi connectivity index (χ4v) is 5.63. The first-order chi connectivity index (χ1) is 12.9. The summed E-state index contributed by atoms with van der Waals surface area (Å²) in [6.45, 7) is 12.4. The molecule has 2 aliphatic carbocycles. The molecule has 3 fully saturated rings. The summed E-state index contributed by atoms with van der Waals surface area (Å²) in [4.78, 5) is 17.3. The standard InChI is InChI=1S/C23H34N2O2/c1-22(2)19-9-10-23(22,3)20(15-19)27-21(26)17-25-13-11-24(12-14-25)16-18-7-5-4-6-8-18/h4-8,19-20H,9-17H2,1-3H3/t19-,20+,23+/m0/s1. The van der Waals surface area contributed by atoms with Crippen LogP contribution in [0.15, 0.2) is 30.3 Å². The van der Waals surface area contributed by atoms with Gasteiger partial charge in [0, 0.05) is 38.1 Å². The van der Waals surface area contributed by atoms with Crippen LogP contribution in [0.4, 0.5) is 0 Å². The van der Waals surface area contributed by atoms with E-state index in [0.29, 0.717) is 17.9 Å². The zero-order valence-electron chi connectivity index (χ0n) is 17.1. The van der Waals surface area contributed by atoms with Gasteiger partial charge in [0.2, 0.25) is 0 Å². The summed E-state index contributed by atoms with van der Waals surface area (Å²) in [7, 11) is 0. The lowest BCUT2D eigenvalue weighted by molar-refractivity contribution is -0.158. The molecule has 0 radical (unpaired) electrons. The molecule has 27 heavy (non-hydrogen) atoms. The minimum atomic E-state index is -0.0268. The van der Waals surface area contributed by atoms with Crippen LogP contribution >= 0.6 is 0 Å². The monoisotopic (exact) mass is 370 g/mol. The third kappa shape index (κ3) is 3.54. The Kier molecular flexibility index (Phi) is 5.06. The molecule has 3 atom stereocenters. The number of fused-ring (bicyclic) bond motifs is 2. The third-order valence-electron chi connectivity index (χ3n) is 8.05. The van der Waals surface area contributed by atoms with Crippen molar-refractivity contribution < 1.29 is 9.53 Å². The summed E-state index contributed by atoms with van der Waals surface area (Å²) >= 11 is 0. The fourth-order valence-electron chi connectivity index (χ4n) is 5.63. The first kappa shape index (κ1) is 18.9. The molecule has 3 aliphatic rings. The van der Waals surface area contributed by atoms with E-state index in [1.165, 1.54) is 18.4 Å². The molecule has 0 unspecified atom stereocenters. The Morgan fingerprint density at radius 1 is 1.07 bits per heavy atom. The maximum Gasteiger partial charge on any atom is 0.320 e. The lowest BCUT2D eigenvalue weighted by Crippen LogP contribution is -2.48. The fraction of sp³-hybridized carbons (Fsp3) is 0.696. The van der Waals surface area contributed by atoms with Crippen molar-refractivity contribution in [1.82, 2.24) is 9.80 Å². The topological polar surface area (TPSA) is 32.8 Å². The van der Waals surface area contributed by atoms with Crippen LogP contribution in [0.2, 0.25) is 0 Å². The molecule has 4 rings (SSSR count). The van der Waals surface area contributed by atoms with E-state index in [4.69, 9.17) is 4.74 Å². The third-order valence-corrected chi connectivity index (χ3v) is 8.05. The SMILES string of the molecule is CC1(C)[C@H]2CC[C@]1(C)[C@H](OC(=O)CN1CCN(Cc3ccccc3)CC1)C2. The van der Waals surface area contributed by atoms with Crippen molar-refractivity contribution in [2.75, 3.05) is 32.7 Å². The summed E-state index contributed by atoms with van der Waals surface area (Å²) in [5.41, 5.74) is 1.81. The van der Waals surface area contributed by atoms with Gasteiger partial charge in [-0.15, -0.1) is 0 Å². The largest absolute Gasteiger partial charge is 0.461 e. The van der Waals surface area contributed by atoms with Crippen LogP contribution in [0, 0.1) is 16.7 Å². The van der Waals surface area contributed by atoms with Gasteiger partial charge < -0.3 is 4.74 Å². The van der Waals surface area contributed by atoms with Crippen molar-refractivity contribution in [3.05, 3.63) is 35.9 Å². The van der Waals surface area contributed by atoms with Gasteiger partial charge in [0.1, 0.15) is 6.10 Å². The van der Waals surface area contributed by atoms with Crippen molar-refractivity contribution in [2.24, 2.45) is 16.7 Å². The van der Waals surface area contributed by atoms with Gasteiger partial charge in [-0.3, -0.25) is 14.6 Å². The Hall–Kier alpha value is -1.39. The highest BCUT2D eigenvalue weighted by Crippen LogP contribution is 2.66. The van der Waals surface area contributed by atoms with Crippen molar-refractivity contribution >= 4 is 5.97 Å². The predicted octanol–water partition coefficient (Wildman–Crippen LogP) is 3.56. The quantitative estimate of drug-likeness (QED) is 0.742. The normalized spacial score (nSPS) is 33.3. The molecule has 1 aliphatic heterocycles. The van der Waals surface area contributed by atoms with Crippen molar-refractivity contribution in [2.45, 2.75) is 52.7 Å². The molecule has 1 heterocycles. The molecule has 0 aromatic heterocycles. The van der Waals surface area contributed by atoms with Crippen LogP contribution in [0.5, 0.6) is 0 Å². The van der Waals surface area contributed by atoms with Gasteiger partial charge in [-0.2, -0.15) is 0 Å². The molecular weight excluding hydrogens is 336 g/mol. The number of nitrogens with zero attached hydrogens (tertiary/aromatic N) is 2. The number of ether oxygens (including phenoxy) is 1. The van der Waals surface area contributed by atoms with E-state index >= 15 is 0 Å². The molecule has 0 amide bonds. The Morgan fingerprint density at radius 3 is 2.33 bits per heavy atom. The second kappa shape index (κ2) is 7.21. The number of carbonyl (C=O) groups is 1. The molecule has 1 aromatic rings. The zero-order valence-corrected chi connectivity index (χ0v) is 17.1. The molecule has 4 nitrogen and oxygen atoms in total. The van der Waals surface area contributed by atoms with E-state index in [9.17, 15) is 4.79 Å². The number of carbonyl (C=O) groups excluding carboxylic acids is 1. The van der Waals surface area contributed by atoms with Crippen LogP contribution in [0.1, 0.15) is 45.6 Å². The summed E-state index contributed by atoms with van der Waals surface area (Å²) in [6, 6.07) is 10.6. The Balaban J connectivity index is 1.23. The minimum absolute atomic E-state index is 0.0268. The Bertz CT molecular complexity index is 666. The van der Waals surface area contributed by atoms with Gasteiger partial charge in [0.05, 0.1) is 6.54 Å². The minimum Gasteiger partial charge on any atom is -0.461 e.